The number of aryl methyl sites for hydroxylation is 1. The molecule has 36 heavy (non-hydrogen) atoms. The van der Waals surface area contributed by atoms with E-state index in [0.29, 0.717) is 28.6 Å². The zero-order valence-corrected chi connectivity index (χ0v) is 19.7. The Balaban J connectivity index is 1.48. The standard InChI is InChI=1S/C24H26N10O2/c1-25-24(35)21-18(28-17-7-4-6-16(22(17)36-3)23-27-14-33(2)32-23)12-20(30-31-21)29-19-9-8-15(13-26-19)34-10-5-11-34/h4,6-9,12-14H,5,10-11H2,1-3H3,(H,25,35)(H2,26,28,29,30)/i1D3. The summed E-state index contributed by atoms with van der Waals surface area (Å²) >= 11 is 0. The maximum Gasteiger partial charge on any atom is 0.273 e. The van der Waals surface area contributed by atoms with Crippen molar-refractivity contribution in [1.29, 1.82) is 0 Å². The number of anilines is 5. The van der Waals surface area contributed by atoms with E-state index in [0.717, 1.165) is 18.8 Å². The molecular formula is C24H26N10O2. The number of methoxy groups -OCH3 is 1. The highest BCUT2D eigenvalue weighted by Gasteiger charge is 2.19. The molecular weight excluding hydrogens is 460 g/mol. The average Bonchev–Trinajstić information content (AvgIpc) is 3.29. The number of ether oxygens (including phenoxy) is 1. The smallest absolute Gasteiger partial charge is 0.273 e. The van der Waals surface area contributed by atoms with Crippen LogP contribution in [0.25, 0.3) is 11.4 Å². The summed E-state index contributed by atoms with van der Waals surface area (Å²) in [5.41, 5.74) is 2.09. The highest BCUT2D eigenvalue weighted by molar-refractivity contribution is 5.99. The number of benzene rings is 1. The van der Waals surface area contributed by atoms with Crippen LogP contribution in [-0.4, -0.2) is 63.0 Å². The Bertz CT molecular complexity index is 1490. The third-order valence-electron chi connectivity index (χ3n) is 5.68. The van der Waals surface area contributed by atoms with E-state index >= 15 is 0 Å². The molecule has 0 unspecified atom stereocenters. The molecule has 1 aliphatic rings. The molecule has 3 aromatic heterocycles. The van der Waals surface area contributed by atoms with Crippen LogP contribution in [0.5, 0.6) is 5.75 Å². The average molecular weight is 490 g/mol. The number of nitrogens with one attached hydrogen (secondary N) is 3. The van der Waals surface area contributed by atoms with Gasteiger partial charge < -0.3 is 25.6 Å². The fourth-order valence-electron chi connectivity index (χ4n) is 3.77. The largest absolute Gasteiger partial charge is 0.494 e. The van der Waals surface area contributed by atoms with Crippen LogP contribution < -0.4 is 25.6 Å². The van der Waals surface area contributed by atoms with E-state index in [1.165, 1.54) is 19.6 Å². The van der Waals surface area contributed by atoms with E-state index in [9.17, 15) is 4.79 Å². The molecule has 1 aliphatic heterocycles. The number of carbonyl (C=O) groups excluding carboxylic acids is 1. The Morgan fingerprint density at radius 3 is 2.64 bits per heavy atom. The first kappa shape index (κ1) is 19.6. The van der Waals surface area contributed by atoms with Crippen molar-refractivity contribution in [2.24, 2.45) is 7.05 Å². The third-order valence-corrected chi connectivity index (χ3v) is 5.68. The van der Waals surface area contributed by atoms with Crippen molar-refractivity contribution in [2.75, 3.05) is 42.7 Å². The molecule has 0 radical (unpaired) electrons. The van der Waals surface area contributed by atoms with Gasteiger partial charge in [-0.25, -0.2) is 9.97 Å². The van der Waals surface area contributed by atoms with Gasteiger partial charge in [0.2, 0.25) is 0 Å². The zero-order valence-electron chi connectivity index (χ0n) is 22.7. The number of para-hydroxylation sites is 1. The van der Waals surface area contributed by atoms with E-state index in [2.05, 4.69) is 40.8 Å². The lowest BCUT2D eigenvalue weighted by atomic mass is 10.1. The van der Waals surface area contributed by atoms with Crippen LogP contribution in [0.1, 0.15) is 21.0 Å². The number of amides is 1. The molecule has 0 atom stereocenters. The highest BCUT2D eigenvalue weighted by atomic mass is 16.5. The van der Waals surface area contributed by atoms with E-state index in [4.69, 9.17) is 8.85 Å². The minimum atomic E-state index is -2.71. The lowest BCUT2D eigenvalue weighted by Gasteiger charge is -2.32. The number of hydrogen-bond donors (Lipinski definition) is 3. The first-order valence-corrected chi connectivity index (χ1v) is 11.2. The molecule has 3 N–H and O–H groups in total. The van der Waals surface area contributed by atoms with Crippen molar-refractivity contribution in [2.45, 2.75) is 6.42 Å². The van der Waals surface area contributed by atoms with Crippen molar-refractivity contribution in [3.8, 4) is 17.1 Å². The third kappa shape index (κ3) is 4.60. The van der Waals surface area contributed by atoms with Gasteiger partial charge in [0.1, 0.15) is 12.1 Å². The van der Waals surface area contributed by atoms with Gasteiger partial charge in [0, 0.05) is 37.3 Å². The molecule has 1 fully saturated rings. The number of rotatable bonds is 8. The fourth-order valence-corrected chi connectivity index (χ4v) is 3.77. The summed E-state index contributed by atoms with van der Waals surface area (Å²) in [6.45, 7) is -0.692. The molecule has 1 amide bonds. The Labute approximate surface area is 212 Å². The van der Waals surface area contributed by atoms with Crippen molar-refractivity contribution in [1.82, 2.24) is 35.3 Å². The summed E-state index contributed by atoms with van der Waals surface area (Å²) in [4.78, 5) is 23.8. The summed E-state index contributed by atoms with van der Waals surface area (Å²) in [6, 6.07) is 10.6. The molecule has 0 saturated carbocycles. The van der Waals surface area contributed by atoms with Gasteiger partial charge in [-0.2, -0.15) is 5.10 Å². The topological polar surface area (TPSA) is 135 Å². The monoisotopic (exact) mass is 489 g/mol. The summed E-state index contributed by atoms with van der Waals surface area (Å²) < 4.78 is 29.5. The predicted molar refractivity (Wildman–Crippen MR) is 136 cm³/mol. The van der Waals surface area contributed by atoms with Gasteiger partial charge in [0.25, 0.3) is 5.91 Å². The maximum absolute atomic E-state index is 12.8. The van der Waals surface area contributed by atoms with Crippen LogP contribution in [0.15, 0.2) is 48.9 Å². The number of carbonyl (C=O) groups is 1. The lowest BCUT2D eigenvalue weighted by Crippen LogP contribution is -2.36. The molecule has 0 bridgehead atoms. The number of nitrogens with zero attached hydrogens (tertiary/aromatic N) is 7. The number of hydrogen-bond acceptors (Lipinski definition) is 10. The highest BCUT2D eigenvalue weighted by Crippen LogP contribution is 2.37. The van der Waals surface area contributed by atoms with Crippen molar-refractivity contribution in [3.05, 3.63) is 54.6 Å². The fraction of sp³-hybridized carbons (Fsp3) is 0.250. The molecule has 1 aromatic carbocycles. The van der Waals surface area contributed by atoms with Crippen LogP contribution in [0, 0.1) is 0 Å². The summed E-state index contributed by atoms with van der Waals surface area (Å²) in [7, 11) is 3.26. The van der Waals surface area contributed by atoms with Crippen LogP contribution in [0.4, 0.5) is 28.7 Å². The minimum absolute atomic E-state index is 0.191. The van der Waals surface area contributed by atoms with Gasteiger partial charge in [0.05, 0.1) is 35.9 Å². The molecule has 1 saturated heterocycles. The van der Waals surface area contributed by atoms with Gasteiger partial charge in [-0.1, -0.05) is 6.07 Å². The van der Waals surface area contributed by atoms with Crippen LogP contribution in [0.2, 0.25) is 0 Å². The van der Waals surface area contributed by atoms with Gasteiger partial charge >= 0.3 is 0 Å². The second-order valence-corrected chi connectivity index (χ2v) is 8.07. The van der Waals surface area contributed by atoms with Crippen LogP contribution in [-0.2, 0) is 7.05 Å². The second kappa shape index (κ2) is 9.86. The van der Waals surface area contributed by atoms with Crippen LogP contribution in [0.3, 0.4) is 0 Å². The summed E-state index contributed by atoms with van der Waals surface area (Å²) in [6.07, 6.45) is 4.51. The van der Waals surface area contributed by atoms with E-state index in [-0.39, 0.29) is 17.2 Å². The van der Waals surface area contributed by atoms with Gasteiger partial charge in [0.15, 0.2) is 23.1 Å². The summed E-state index contributed by atoms with van der Waals surface area (Å²) in [5.74, 6) is 0.755. The molecule has 12 nitrogen and oxygen atoms in total. The predicted octanol–water partition coefficient (Wildman–Crippen LogP) is 2.73. The molecule has 4 aromatic rings. The Hall–Kier alpha value is -4.74. The molecule has 184 valence electrons. The Morgan fingerprint density at radius 1 is 1.08 bits per heavy atom. The Morgan fingerprint density at radius 2 is 1.97 bits per heavy atom. The normalized spacial score (nSPS) is 14.2. The van der Waals surface area contributed by atoms with Crippen molar-refractivity contribution < 1.29 is 13.6 Å². The van der Waals surface area contributed by atoms with Gasteiger partial charge in [-0.05, 0) is 30.7 Å². The van der Waals surface area contributed by atoms with E-state index in [1.807, 2.05) is 17.4 Å². The lowest BCUT2D eigenvalue weighted by molar-refractivity contribution is 0.0958. The molecule has 5 rings (SSSR count). The van der Waals surface area contributed by atoms with Crippen LogP contribution >= 0.6 is 0 Å². The second-order valence-electron chi connectivity index (χ2n) is 8.07. The number of aromatic nitrogens is 6. The number of pyridine rings is 1. The van der Waals surface area contributed by atoms with Gasteiger partial charge in [-0.3, -0.25) is 9.48 Å². The van der Waals surface area contributed by atoms with Gasteiger partial charge in [-0.15, -0.1) is 10.2 Å². The first-order chi connectivity index (χ1) is 18.7. The zero-order chi connectivity index (χ0) is 27.6. The quantitative estimate of drug-likeness (QED) is 0.339. The van der Waals surface area contributed by atoms with E-state index < -0.39 is 12.9 Å². The van der Waals surface area contributed by atoms with Crippen molar-refractivity contribution >= 4 is 34.6 Å². The maximum atomic E-state index is 12.8. The molecule has 12 heteroatoms. The first-order valence-electron chi connectivity index (χ1n) is 12.7. The minimum Gasteiger partial charge on any atom is -0.494 e. The Kier molecular flexibility index (Phi) is 5.36. The molecule has 0 aliphatic carbocycles. The van der Waals surface area contributed by atoms with E-state index in [1.54, 1.807) is 42.5 Å². The van der Waals surface area contributed by atoms with Crippen molar-refractivity contribution in [3.63, 3.8) is 0 Å². The SMILES string of the molecule is [2H]C([2H])([2H])NC(=O)c1nnc(Nc2ccc(N3CCC3)cn2)cc1Nc1cccc(-c2ncn(C)n2)c1OC. The molecule has 0 spiro atoms. The molecule has 4 heterocycles. The summed E-state index contributed by atoms with van der Waals surface area (Å²) in [5, 5.41) is 20.6.